The van der Waals surface area contributed by atoms with E-state index in [0.29, 0.717) is 21.6 Å². The zero-order valence-electron chi connectivity index (χ0n) is 14.0. The van der Waals surface area contributed by atoms with Gasteiger partial charge < -0.3 is 15.4 Å². The minimum absolute atomic E-state index is 0.0677. The fraction of sp³-hybridized carbons (Fsp3) is 0.500. The molecule has 0 atom stereocenters. The SMILES string of the molecule is O=C(CCn1c(=S)[nH]c2ccccc2c1=O)NC1CCC(CO)CC1. The van der Waals surface area contributed by atoms with Gasteiger partial charge in [0.25, 0.3) is 5.56 Å². The van der Waals surface area contributed by atoms with Crippen molar-refractivity contribution < 1.29 is 9.90 Å². The number of H-pyrrole nitrogens is 1. The van der Waals surface area contributed by atoms with Crippen LogP contribution >= 0.6 is 12.2 Å². The average Bonchev–Trinajstić information content (AvgIpc) is 2.62. The number of hydrogen-bond donors (Lipinski definition) is 3. The topological polar surface area (TPSA) is 87.1 Å². The maximum atomic E-state index is 12.5. The molecule has 2 aromatic rings. The number of aliphatic hydroxyl groups is 1. The van der Waals surface area contributed by atoms with Gasteiger partial charge in [-0.05, 0) is 56.0 Å². The first-order valence-electron chi connectivity index (χ1n) is 8.70. The van der Waals surface area contributed by atoms with E-state index in [1.807, 2.05) is 12.1 Å². The minimum atomic E-state index is -0.171. The van der Waals surface area contributed by atoms with Gasteiger partial charge in [-0.25, -0.2) is 0 Å². The van der Waals surface area contributed by atoms with E-state index in [2.05, 4.69) is 10.3 Å². The van der Waals surface area contributed by atoms with E-state index in [-0.39, 0.29) is 37.1 Å². The van der Waals surface area contributed by atoms with E-state index >= 15 is 0 Å². The molecule has 0 aliphatic heterocycles. The Bertz CT molecular complexity index is 866. The number of fused-ring (bicyclic) bond motifs is 1. The van der Waals surface area contributed by atoms with Gasteiger partial charge in [-0.2, -0.15) is 0 Å². The summed E-state index contributed by atoms with van der Waals surface area (Å²) < 4.78 is 1.78. The molecule has 1 amide bonds. The smallest absolute Gasteiger partial charge is 0.262 e. The van der Waals surface area contributed by atoms with Crippen LogP contribution in [0.3, 0.4) is 0 Å². The molecule has 0 bridgehead atoms. The van der Waals surface area contributed by atoms with Crippen molar-refractivity contribution in [3.05, 3.63) is 39.4 Å². The third-order valence-electron chi connectivity index (χ3n) is 4.92. The largest absolute Gasteiger partial charge is 0.396 e. The Kier molecular flexibility index (Phi) is 5.65. The lowest BCUT2D eigenvalue weighted by Crippen LogP contribution is -2.38. The van der Waals surface area contributed by atoms with Gasteiger partial charge in [-0.1, -0.05) is 12.1 Å². The molecular weight excluding hydrogens is 338 g/mol. The van der Waals surface area contributed by atoms with E-state index in [1.54, 1.807) is 12.1 Å². The molecular formula is C18H23N3O3S. The van der Waals surface area contributed by atoms with Crippen molar-refractivity contribution in [2.24, 2.45) is 5.92 Å². The standard InChI is InChI=1S/C18H23N3O3S/c22-11-12-5-7-13(8-6-12)19-16(23)9-10-21-17(24)14-3-1-2-4-15(14)20-18(21)25/h1-4,12-13,22H,5-11H2,(H,19,23)(H,20,25). The lowest BCUT2D eigenvalue weighted by molar-refractivity contribution is -0.122. The van der Waals surface area contributed by atoms with Crippen LogP contribution in [-0.2, 0) is 11.3 Å². The fourth-order valence-corrected chi connectivity index (χ4v) is 3.69. The number of hydrogen-bond acceptors (Lipinski definition) is 4. The van der Waals surface area contributed by atoms with Gasteiger partial charge in [-0.15, -0.1) is 0 Å². The molecule has 1 aliphatic carbocycles. The van der Waals surface area contributed by atoms with Crippen molar-refractivity contribution in [2.75, 3.05) is 6.61 Å². The van der Waals surface area contributed by atoms with Gasteiger partial charge in [-0.3, -0.25) is 14.2 Å². The highest BCUT2D eigenvalue weighted by molar-refractivity contribution is 7.71. The Hall–Kier alpha value is -1.99. The van der Waals surface area contributed by atoms with E-state index in [0.717, 1.165) is 25.7 Å². The first-order valence-corrected chi connectivity index (χ1v) is 9.11. The van der Waals surface area contributed by atoms with Gasteiger partial charge in [0.05, 0.1) is 10.9 Å². The van der Waals surface area contributed by atoms with Crippen molar-refractivity contribution in [1.82, 2.24) is 14.9 Å². The number of aromatic nitrogens is 2. The average molecular weight is 361 g/mol. The summed E-state index contributed by atoms with van der Waals surface area (Å²) in [6.07, 6.45) is 3.89. The summed E-state index contributed by atoms with van der Waals surface area (Å²) in [5, 5.41) is 12.8. The van der Waals surface area contributed by atoms with Crippen LogP contribution in [-0.4, -0.2) is 33.2 Å². The maximum Gasteiger partial charge on any atom is 0.262 e. The van der Waals surface area contributed by atoms with Gasteiger partial charge in [0.2, 0.25) is 5.91 Å². The van der Waals surface area contributed by atoms with Gasteiger partial charge >= 0.3 is 0 Å². The number of nitrogens with zero attached hydrogens (tertiary/aromatic N) is 1. The van der Waals surface area contributed by atoms with E-state index in [9.17, 15) is 9.59 Å². The van der Waals surface area contributed by atoms with Crippen molar-refractivity contribution >= 4 is 29.0 Å². The molecule has 1 aliphatic rings. The van der Waals surface area contributed by atoms with Gasteiger partial charge in [0, 0.05) is 25.6 Å². The normalized spacial score (nSPS) is 20.5. The summed E-state index contributed by atoms with van der Waals surface area (Å²) in [4.78, 5) is 27.8. The first-order chi connectivity index (χ1) is 12.1. The zero-order chi connectivity index (χ0) is 17.8. The van der Waals surface area contributed by atoms with Gasteiger partial charge in [0.1, 0.15) is 0 Å². The Morgan fingerprint density at radius 1 is 1.28 bits per heavy atom. The third kappa shape index (κ3) is 4.16. The lowest BCUT2D eigenvalue weighted by Gasteiger charge is -2.28. The number of para-hydroxylation sites is 1. The number of carbonyl (C=O) groups is 1. The van der Waals surface area contributed by atoms with E-state index < -0.39 is 0 Å². The summed E-state index contributed by atoms with van der Waals surface area (Å²) in [7, 11) is 0. The minimum Gasteiger partial charge on any atom is -0.396 e. The van der Waals surface area contributed by atoms with Crippen molar-refractivity contribution in [1.29, 1.82) is 0 Å². The number of nitrogens with one attached hydrogen (secondary N) is 2. The Morgan fingerprint density at radius 3 is 2.72 bits per heavy atom. The molecule has 134 valence electrons. The summed E-state index contributed by atoms with van der Waals surface area (Å²) in [5.74, 6) is 0.296. The zero-order valence-corrected chi connectivity index (χ0v) is 14.8. The van der Waals surface area contributed by atoms with Crippen LogP contribution in [0.5, 0.6) is 0 Å². The number of carbonyl (C=O) groups excluding carboxylic acids is 1. The summed E-state index contributed by atoms with van der Waals surface area (Å²) >= 11 is 5.26. The third-order valence-corrected chi connectivity index (χ3v) is 5.24. The molecule has 3 rings (SSSR count). The van der Waals surface area contributed by atoms with Crippen molar-refractivity contribution in [3.8, 4) is 0 Å². The number of rotatable bonds is 5. The van der Waals surface area contributed by atoms with E-state index in [4.69, 9.17) is 17.3 Å². The molecule has 1 aromatic carbocycles. The molecule has 1 saturated carbocycles. The highest BCUT2D eigenvalue weighted by atomic mass is 32.1. The number of amides is 1. The number of benzene rings is 1. The summed E-state index contributed by atoms with van der Waals surface area (Å²) in [6.45, 7) is 0.487. The Labute approximate surface area is 150 Å². The number of aromatic amines is 1. The highest BCUT2D eigenvalue weighted by Gasteiger charge is 2.21. The van der Waals surface area contributed by atoms with E-state index in [1.165, 1.54) is 4.57 Å². The molecule has 1 fully saturated rings. The maximum absolute atomic E-state index is 12.5. The van der Waals surface area contributed by atoms with Crippen molar-refractivity contribution in [2.45, 2.75) is 44.7 Å². The number of aliphatic hydroxyl groups excluding tert-OH is 1. The van der Waals surface area contributed by atoms with Crippen LogP contribution in [0, 0.1) is 10.7 Å². The highest BCUT2D eigenvalue weighted by Crippen LogP contribution is 2.23. The van der Waals surface area contributed by atoms with Crippen LogP contribution in [0.2, 0.25) is 0 Å². The van der Waals surface area contributed by atoms with Gasteiger partial charge in [0.15, 0.2) is 4.77 Å². The fourth-order valence-electron chi connectivity index (χ4n) is 3.40. The molecule has 0 unspecified atom stereocenters. The lowest BCUT2D eigenvalue weighted by atomic mass is 9.86. The monoisotopic (exact) mass is 361 g/mol. The predicted octanol–water partition coefficient (Wildman–Crippen LogP) is 2.12. The van der Waals surface area contributed by atoms with Crippen LogP contribution < -0.4 is 10.9 Å². The Morgan fingerprint density at radius 2 is 2.00 bits per heavy atom. The first kappa shape index (κ1) is 17.8. The van der Waals surface area contributed by atoms with Crippen LogP contribution in [0.4, 0.5) is 0 Å². The molecule has 3 N–H and O–H groups in total. The molecule has 1 aromatic heterocycles. The summed E-state index contributed by atoms with van der Waals surface area (Å²) in [6, 6.07) is 7.38. The second kappa shape index (κ2) is 7.93. The summed E-state index contributed by atoms with van der Waals surface area (Å²) in [5.41, 5.74) is 0.537. The second-order valence-corrected chi connectivity index (χ2v) is 7.04. The quantitative estimate of drug-likeness (QED) is 0.712. The molecule has 0 saturated heterocycles. The molecule has 25 heavy (non-hydrogen) atoms. The van der Waals surface area contributed by atoms with Crippen LogP contribution in [0.1, 0.15) is 32.1 Å². The second-order valence-electron chi connectivity index (χ2n) is 6.65. The molecule has 6 nitrogen and oxygen atoms in total. The van der Waals surface area contributed by atoms with Crippen LogP contribution in [0.25, 0.3) is 10.9 Å². The molecule has 1 heterocycles. The molecule has 0 radical (unpaired) electrons. The van der Waals surface area contributed by atoms with Crippen molar-refractivity contribution in [3.63, 3.8) is 0 Å². The van der Waals surface area contributed by atoms with Crippen LogP contribution in [0.15, 0.2) is 29.1 Å². The Balaban J connectivity index is 1.62. The predicted molar refractivity (Wildman–Crippen MR) is 99.0 cm³/mol. The molecule has 0 spiro atoms. The molecule has 7 heteroatoms.